The quantitative estimate of drug-likeness (QED) is 0.669. The molecule has 1 aromatic rings. The molecule has 0 saturated carbocycles. The first-order valence-electron chi connectivity index (χ1n) is 4.99. The lowest BCUT2D eigenvalue weighted by Gasteiger charge is -2.17. The fourth-order valence-corrected chi connectivity index (χ4v) is 1.46. The average Bonchev–Trinajstić information content (AvgIpc) is 2.13. The fourth-order valence-electron chi connectivity index (χ4n) is 1.46. The molecule has 0 radical (unpaired) electrons. The van der Waals surface area contributed by atoms with Crippen molar-refractivity contribution in [2.45, 2.75) is 25.6 Å². The number of nitrogens with zero attached hydrogens (tertiary/aromatic N) is 1. The van der Waals surface area contributed by atoms with Gasteiger partial charge >= 0.3 is 6.18 Å². The van der Waals surface area contributed by atoms with E-state index in [0.717, 1.165) is 12.1 Å². The molecule has 7 heteroatoms. The topological polar surface area (TPSA) is 23.5 Å². The van der Waals surface area contributed by atoms with Crippen molar-refractivity contribution in [2.24, 2.45) is 0 Å². The second-order valence-electron chi connectivity index (χ2n) is 4.12. The van der Waals surface area contributed by atoms with Gasteiger partial charge in [-0.25, -0.2) is 8.78 Å². The first-order valence-corrected chi connectivity index (χ1v) is 4.99. The summed E-state index contributed by atoms with van der Waals surface area (Å²) in [5.41, 5.74) is -1.92. The molecule has 2 nitrogen and oxygen atoms in total. The second-order valence-corrected chi connectivity index (χ2v) is 4.12. The van der Waals surface area contributed by atoms with Gasteiger partial charge < -0.3 is 5.21 Å². The highest BCUT2D eigenvalue weighted by Crippen LogP contribution is 2.35. The summed E-state index contributed by atoms with van der Waals surface area (Å²) < 4.78 is 63.9. The summed E-state index contributed by atoms with van der Waals surface area (Å²) in [6, 6.07) is 2.10. The third kappa shape index (κ3) is 3.92. The van der Waals surface area contributed by atoms with Crippen LogP contribution in [0.1, 0.15) is 23.6 Å². The van der Waals surface area contributed by atoms with E-state index >= 15 is 0 Å². The van der Waals surface area contributed by atoms with Crippen molar-refractivity contribution in [2.75, 3.05) is 7.05 Å². The molecule has 0 bridgehead atoms. The molecular formula is C11H12F5NO. The summed E-state index contributed by atoms with van der Waals surface area (Å²) in [6.45, 7) is 0.252. The minimum Gasteiger partial charge on any atom is -0.314 e. The molecule has 1 aromatic carbocycles. The largest absolute Gasteiger partial charge is 0.416 e. The molecule has 1 N–H and O–H groups in total. The summed E-state index contributed by atoms with van der Waals surface area (Å²) in [6.07, 6.45) is -4.70. The van der Waals surface area contributed by atoms with Crippen LogP contribution in [0.4, 0.5) is 22.0 Å². The van der Waals surface area contributed by atoms with Crippen LogP contribution in [0.25, 0.3) is 0 Å². The van der Waals surface area contributed by atoms with E-state index in [9.17, 15) is 22.0 Å². The maximum absolute atomic E-state index is 13.1. The predicted molar refractivity (Wildman–Crippen MR) is 54.3 cm³/mol. The third-order valence-electron chi connectivity index (χ3n) is 2.24. The first-order chi connectivity index (χ1) is 8.00. The van der Waals surface area contributed by atoms with Crippen LogP contribution in [0.5, 0.6) is 0 Å². The predicted octanol–water partition coefficient (Wildman–Crippen LogP) is 3.64. The Bertz CT molecular complexity index is 390. The van der Waals surface area contributed by atoms with Gasteiger partial charge in [0.1, 0.15) is 0 Å². The molecule has 0 fully saturated rings. The van der Waals surface area contributed by atoms with Crippen molar-refractivity contribution in [3.63, 3.8) is 0 Å². The van der Waals surface area contributed by atoms with E-state index in [4.69, 9.17) is 5.21 Å². The molecule has 0 spiro atoms. The van der Waals surface area contributed by atoms with E-state index in [-0.39, 0.29) is 12.1 Å². The third-order valence-corrected chi connectivity index (χ3v) is 2.24. The molecule has 1 rings (SSSR count). The van der Waals surface area contributed by atoms with Crippen molar-refractivity contribution < 1.29 is 27.2 Å². The van der Waals surface area contributed by atoms with Gasteiger partial charge in [-0.3, -0.25) is 0 Å². The Morgan fingerprint density at radius 3 is 1.94 bits per heavy atom. The molecule has 0 heterocycles. The van der Waals surface area contributed by atoms with Crippen LogP contribution >= 0.6 is 0 Å². The summed E-state index contributed by atoms with van der Waals surface area (Å²) >= 11 is 0. The molecule has 18 heavy (non-hydrogen) atoms. The van der Waals surface area contributed by atoms with E-state index in [0.29, 0.717) is 18.1 Å². The van der Waals surface area contributed by atoms with Crippen molar-refractivity contribution in [3.05, 3.63) is 34.9 Å². The Hall–Kier alpha value is -1.21. The van der Waals surface area contributed by atoms with Crippen LogP contribution in [0.15, 0.2) is 18.2 Å². The number of rotatable bonds is 3. The minimum absolute atomic E-state index is 0.0358. The minimum atomic E-state index is -4.70. The maximum atomic E-state index is 13.1. The summed E-state index contributed by atoms with van der Waals surface area (Å²) in [5.74, 6) is -3.37. The monoisotopic (exact) mass is 269 g/mol. The normalized spacial score (nSPS) is 13.2. The number of alkyl halides is 5. The molecule has 0 aliphatic carbocycles. The van der Waals surface area contributed by atoms with Gasteiger partial charge in [0.15, 0.2) is 0 Å². The lowest BCUT2D eigenvalue weighted by Crippen LogP contribution is -2.16. The van der Waals surface area contributed by atoms with E-state index in [1.807, 2.05) is 0 Å². The van der Waals surface area contributed by atoms with E-state index in [1.165, 1.54) is 7.05 Å². The summed E-state index contributed by atoms with van der Waals surface area (Å²) in [5, 5.41) is 9.58. The molecular weight excluding hydrogens is 257 g/mol. The van der Waals surface area contributed by atoms with Gasteiger partial charge in [-0.2, -0.15) is 18.2 Å². The number of hydrogen-bond acceptors (Lipinski definition) is 2. The number of benzene rings is 1. The van der Waals surface area contributed by atoms with E-state index < -0.39 is 23.2 Å². The molecule has 0 saturated heterocycles. The van der Waals surface area contributed by atoms with Crippen LogP contribution in [0, 0.1) is 0 Å². The van der Waals surface area contributed by atoms with Crippen LogP contribution in [-0.4, -0.2) is 17.3 Å². The van der Waals surface area contributed by atoms with Gasteiger partial charge in [-0.05, 0) is 23.8 Å². The van der Waals surface area contributed by atoms with Gasteiger partial charge in [-0.15, -0.1) is 0 Å². The van der Waals surface area contributed by atoms with Crippen molar-refractivity contribution in [3.8, 4) is 0 Å². The fraction of sp³-hybridized carbons (Fsp3) is 0.455. The van der Waals surface area contributed by atoms with Gasteiger partial charge in [0.25, 0.3) is 5.92 Å². The van der Waals surface area contributed by atoms with E-state index in [1.54, 1.807) is 0 Å². The standard InChI is InChI=1S/C11H12F5NO/c1-10(12,13)8-3-7(6-17(2)18)4-9(5-8)11(14,15)16/h3-5,18H,6H2,1-2H3. The Morgan fingerprint density at radius 2 is 1.56 bits per heavy atom. The summed E-state index contributed by atoms with van der Waals surface area (Å²) in [7, 11) is 1.21. The molecule has 0 aromatic heterocycles. The maximum Gasteiger partial charge on any atom is 0.416 e. The molecule has 0 amide bonds. The smallest absolute Gasteiger partial charge is 0.314 e. The zero-order chi connectivity index (χ0) is 14.1. The summed E-state index contributed by atoms with van der Waals surface area (Å²) in [4.78, 5) is 0. The molecule has 0 aliphatic rings. The Morgan fingerprint density at radius 1 is 1.06 bits per heavy atom. The van der Waals surface area contributed by atoms with Gasteiger partial charge in [0.2, 0.25) is 0 Å². The highest BCUT2D eigenvalue weighted by Gasteiger charge is 2.34. The van der Waals surface area contributed by atoms with Gasteiger partial charge in [0, 0.05) is 26.1 Å². The van der Waals surface area contributed by atoms with Crippen LogP contribution in [0.3, 0.4) is 0 Å². The first kappa shape index (κ1) is 14.8. The zero-order valence-electron chi connectivity index (χ0n) is 9.72. The number of hydroxylamine groups is 2. The highest BCUT2D eigenvalue weighted by atomic mass is 19.4. The zero-order valence-corrected chi connectivity index (χ0v) is 9.72. The Kier molecular flexibility index (Phi) is 3.97. The van der Waals surface area contributed by atoms with Crippen molar-refractivity contribution in [1.82, 2.24) is 5.06 Å². The van der Waals surface area contributed by atoms with E-state index in [2.05, 4.69) is 0 Å². The molecule has 0 aliphatic heterocycles. The molecule has 102 valence electrons. The Labute approximate surface area is 101 Å². The molecule has 0 atom stereocenters. The lowest BCUT2D eigenvalue weighted by molar-refractivity contribution is -0.138. The van der Waals surface area contributed by atoms with Crippen molar-refractivity contribution in [1.29, 1.82) is 0 Å². The lowest BCUT2D eigenvalue weighted by atomic mass is 10.0. The van der Waals surface area contributed by atoms with Gasteiger partial charge in [0.05, 0.1) is 5.56 Å². The van der Waals surface area contributed by atoms with Crippen LogP contribution in [0.2, 0.25) is 0 Å². The number of hydrogen-bond donors (Lipinski definition) is 1. The SMILES string of the molecule is CN(O)Cc1cc(C(C)(F)F)cc(C(F)(F)F)c1. The van der Waals surface area contributed by atoms with Crippen LogP contribution < -0.4 is 0 Å². The van der Waals surface area contributed by atoms with Gasteiger partial charge in [-0.1, -0.05) is 0 Å². The highest BCUT2D eigenvalue weighted by molar-refractivity contribution is 5.34. The number of halogens is 5. The van der Waals surface area contributed by atoms with Crippen molar-refractivity contribution >= 4 is 0 Å². The second kappa shape index (κ2) is 4.81. The molecule has 0 unspecified atom stereocenters. The Balaban J connectivity index is 3.29. The average molecular weight is 269 g/mol. The van der Waals surface area contributed by atoms with Crippen LogP contribution in [-0.2, 0) is 18.6 Å².